The first-order chi connectivity index (χ1) is 15.7. The number of rotatable bonds is 12. The van der Waals surface area contributed by atoms with Gasteiger partial charge in [-0.2, -0.15) is 10.2 Å². The molecular weight excluding hydrogens is 400 g/mol. The van der Waals surface area contributed by atoms with Crippen LogP contribution < -0.4 is 10.2 Å². The highest BCUT2D eigenvalue weighted by Crippen LogP contribution is 2.21. The fraction of sp³-hybridized carbons (Fsp3) is 0.346. The molecule has 0 saturated heterocycles. The molecule has 0 radical (unpaired) electrons. The van der Waals surface area contributed by atoms with E-state index in [-0.39, 0.29) is 5.91 Å². The van der Waals surface area contributed by atoms with Crippen LogP contribution in [-0.4, -0.2) is 28.4 Å². The number of hydrogen-bond donors (Lipinski definition) is 2. The lowest BCUT2D eigenvalue weighted by Crippen LogP contribution is -2.19. The summed E-state index contributed by atoms with van der Waals surface area (Å²) in [6.45, 7) is 4.82. The predicted octanol–water partition coefficient (Wildman–Crippen LogP) is 5.97. The largest absolute Gasteiger partial charge is 0.494 e. The Morgan fingerprint density at radius 3 is 2.47 bits per heavy atom. The minimum absolute atomic E-state index is 0.335. The van der Waals surface area contributed by atoms with Gasteiger partial charge in [0.1, 0.15) is 11.4 Å². The molecule has 168 valence electrons. The minimum Gasteiger partial charge on any atom is -0.494 e. The zero-order chi connectivity index (χ0) is 22.6. The van der Waals surface area contributed by atoms with Crippen molar-refractivity contribution in [3.8, 4) is 17.0 Å². The van der Waals surface area contributed by atoms with E-state index < -0.39 is 0 Å². The van der Waals surface area contributed by atoms with Crippen molar-refractivity contribution < 1.29 is 9.53 Å². The second kappa shape index (κ2) is 12.4. The summed E-state index contributed by atoms with van der Waals surface area (Å²) >= 11 is 0. The van der Waals surface area contributed by atoms with Crippen LogP contribution in [0.2, 0.25) is 0 Å². The van der Waals surface area contributed by atoms with Crippen LogP contribution in [0.5, 0.6) is 5.75 Å². The van der Waals surface area contributed by atoms with Crippen molar-refractivity contribution in [2.75, 3.05) is 6.61 Å². The van der Waals surface area contributed by atoms with Crippen molar-refractivity contribution in [3.05, 3.63) is 71.9 Å². The number of unbranched alkanes of at least 4 members (excludes halogenated alkanes) is 5. The molecule has 6 nitrogen and oxygen atoms in total. The fourth-order valence-electron chi connectivity index (χ4n) is 3.32. The van der Waals surface area contributed by atoms with Crippen LogP contribution in [0.15, 0.2) is 65.8 Å². The first-order valence-electron chi connectivity index (χ1n) is 11.4. The Bertz CT molecular complexity index is 994. The van der Waals surface area contributed by atoms with Crippen LogP contribution in [0.3, 0.4) is 0 Å². The Balaban J connectivity index is 1.49. The average molecular weight is 433 g/mol. The normalized spacial score (nSPS) is 11.4. The molecule has 0 atom stereocenters. The number of carbonyl (C=O) groups is 1. The van der Waals surface area contributed by atoms with E-state index in [0.717, 1.165) is 35.6 Å². The van der Waals surface area contributed by atoms with E-state index in [4.69, 9.17) is 4.74 Å². The first kappa shape index (κ1) is 23.3. The molecule has 0 aliphatic heterocycles. The lowest BCUT2D eigenvalue weighted by molar-refractivity contribution is 0.0950. The summed E-state index contributed by atoms with van der Waals surface area (Å²) in [5.74, 6) is 0.513. The molecule has 1 heterocycles. The quantitative estimate of drug-likeness (QED) is 0.210. The van der Waals surface area contributed by atoms with Gasteiger partial charge in [0.25, 0.3) is 5.91 Å². The summed E-state index contributed by atoms with van der Waals surface area (Å²) in [5, 5.41) is 11.2. The third-order valence-electron chi connectivity index (χ3n) is 5.26. The van der Waals surface area contributed by atoms with Crippen LogP contribution in [0, 0.1) is 0 Å². The van der Waals surface area contributed by atoms with Gasteiger partial charge in [-0.3, -0.25) is 9.89 Å². The molecule has 1 aromatic heterocycles. The minimum atomic E-state index is -0.335. The second-order valence-corrected chi connectivity index (χ2v) is 7.81. The molecule has 3 rings (SSSR count). The molecule has 6 heteroatoms. The van der Waals surface area contributed by atoms with Gasteiger partial charge in [0.2, 0.25) is 0 Å². The SMILES string of the molecule is CCCCCCCCOc1ccc(-c2cc(C(=O)N/N=C(/C)c3ccccc3)[nH]n2)cc1. The van der Waals surface area contributed by atoms with Crippen molar-refractivity contribution in [3.63, 3.8) is 0 Å². The number of hydrogen-bond acceptors (Lipinski definition) is 4. The van der Waals surface area contributed by atoms with Gasteiger partial charge >= 0.3 is 0 Å². The molecular formula is C26H32N4O2. The van der Waals surface area contributed by atoms with Crippen LogP contribution in [0.1, 0.15) is 68.4 Å². The molecule has 0 bridgehead atoms. The molecule has 0 saturated carbocycles. The number of nitrogens with one attached hydrogen (secondary N) is 2. The number of nitrogens with zero attached hydrogens (tertiary/aromatic N) is 2. The predicted molar refractivity (Wildman–Crippen MR) is 129 cm³/mol. The van der Waals surface area contributed by atoms with Crippen LogP contribution in [0.4, 0.5) is 0 Å². The molecule has 0 aliphatic rings. The maximum absolute atomic E-state index is 12.4. The van der Waals surface area contributed by atoms with Gasteiger partial charge in [0.15, 0.2) is 0 Å². The number of hydrazone groups is 1. The van der Waals surface area contributed by atoms with Gasteiger partial charge in [0.05, 0.1) is 18.0 Å². The van der Waals surface area contributed by atoms with E-state index in [9.17, 15) is 4.79 Å². The highest BCUT2D eigenvalue weighted by Gasteiger charge is 2.11. The van der Waals surface area contributed by atoms with Gasteiger partial charge in [-0.25, -0.2) is 5.43 Å². The lowest BCUT2D eigenvalue weighted by atomic mass is 10.1. The number of aromatic nitrogens is 2. The summed E-state index contributed by atoms with van der Waals surface area (Å²) < 4.78 is 5.83. The van der Waals surface area contributed by atoms with Crippen LogP contribution in [-0.2, 0) is 0 Å². The Hall–Kier alpha value is -3.41. The zero-order valence-electron chi connectivity index (χ0n) is 18.9. The Morgan fingerprint density at radius 1 is 1.00 bits per heavy atom. The number of H-pyrrole nitrogens is 1. The molecule has 1 amide bonds. The molecule has 0 unspecified atom stereocenters. The van der Waals surface area contributed by atoms with E-state index in [1.54, 1.807) is 6.07 Å². The van der Waals surface area contributed by atoms with Gasteiger partial charge in [-0.15, -0.1) is 0 Å². The second-order valence-electron chi connectivity index (χ2n) is 7.81. The van der Waals surface area contributed by atoms with Gasteiger partial charge in [0, 0.05) is 5.56 Å². The topological polar surface area (TPSA) is 79.4 Å². The van der Waals surface area contributed by atoms with Crippen LogP contribution in [0.25, 0.3) is 11.3 Å². The molecule has 2 aromatic carbocycles. The zero-order valence-corrected chi connectivity index (χ0v) is 18.9. The monoisotopic (exact) mass is 432 g/mol. The highest BCUT2D eigenvalue weighted by atomic mass is 16.5. The van der Waals surface area contributed by atoms with Gasteiger partial charge in [-0.05, 0) is 49.2 Å². The van der Waals surface area contributed by atoms with E-state index in [2.05, 4.69) is 27.6 Å². The van der Waals surface area contributed by atoms with Crippen molar-refractivity contribution in [1.29, 1.82) is 0 Å². The standard InChI is InChI=1S/C26H32N4O2/c1-3-4-5-6-7-11-18-32-23-16-14-22(15-17-23)24-19-25(29-28-24)26(31)30-27-20(2)21-12-9-8-10-13-21/h8-10,12-17,19H,3-7,11,18H2,1-2H3,(H,28,29)(H,30,31)/b27-20-. The molecule has 32 heavy (non-hydrogen) atoms. The Morgan fingerprint density at radius 2 is 1.72 bits per heavy atom. The maximum Gasteiger partial charge on any atom is 0.289 e. The smallest absolute Gasteiger partial charge is 0.289 e. The number of amides is 1. The van der Waals surface area contributed by atoms with Crippen LogP contribution >= 0.6 is 0 Å². The Kier molecular flexibility index (Phi) is 9.05. The number of carbonyl (C=O) groups excluding carboxylic acids is 1. The van der Waals surface area contributed by atoms with Gasteiger partial charge < -0.3 is 4.74 Å². The summed E-state index contributed by atoms with van der Waals surface area (Å²) in [7, 11) is 0. The van der Waals surface area contributed by atoms with Crippen molar-refractivity contribution in [1.82, 2.24) is 15.6 Å². The van der Waals surface area contributed by atoms with E-state index >= 15 is 0 Å². The molecule has 2 N–H and O–H groups in total. The summed E-state index contributed by atoms with van der Waals surface area (Å²) in [6, 6.07) is 19.2. The molecule has 0 spiro atoms. The number of aromatic amines is 1. The molecule has 0 aliphatic carbocycles. The highest BCUT2D eigenvalue weighted by molar-refractivity contribution is 6.00. The van der Waals surface area contributed by atoms with Crippen molar-refractivity contribution in [2.24, 2.45) is 5.10 Å². The maximum atomic E-state index is 12.4. The first-order valence-corrected chi connectivity index (χ1v) is 11.4. The third-order valence-corrected chi connectivity index (χ3v) is 5.26. The van der Waals surface area contributed by atoms with Crippen molar-refractivity contribution >= 4 is 11.6 Å². The molecule has 3 aromatic rings. The average Bonchev–Trinajstić information content (AvgIpc) is 3.33. The fourth-order valence-corrected chi connectivity index (χ4v) is 3.32. The Labute approximate surface area is 190 Å². The number of benzene rings is 2. The van der Waals surface area contributed by atoms with Gasteiger partial charge in [-0.1, -0.05) is 69.4 Å². The van der Waals surface area contributed by atoms with E-state index in [1.807, 2.05) is 61.5 Å². The molecule has 0 fully saturated rings. The third kappa shape index (κ3) is 7.08. The summed E-state index contributed by atoms with van der Waals surface area (Å²) in [4.78, 5) is 12.4. The summed E-state index contributed by atoms with van der Waals surface area (Å²) in [5.41, 5.74) is 6.22. The lowest BCUT2D eigenvalue weighted by Gasteiger charge is -2.06. The number of ether oxygens (including phenoxy) is 1. The summed E-state index contributed by atoms with van der Waals surface area (Å²) in [6.07, 6.45) is 7.48. The van der Waals surface area contributed by atoms with E-state index in [0.29, 0.717) is 11.4 Å². The van der Waals surface area contributed by atoms with Crippen molar-refractivity contribution in [2.45, 2.75) is 52.4 Å². The van der Waals surface area contributed by atoms with E-state index in [1.165, 1.54) is 32.1 Å².